The highest BCUT2D eigenvalue weighted by molar-refractivity contribution is 5.97. The van der Waals surface area contributed by atoms with Crippen LogP contribution in [0.4, 0.5) is 0 Å². The summed E-state index contributed by atoms with van der Waals surface area (Å²) in [5.41, 5.74) is 2.21. The Morgan fingerprint density at radius 1 is 1.44 bits per heavy atom. The molecule has 18 heavy (non-hydrogen) atoms. The van der Waals surface area contributed by atoms with Crippen LogP contribution in [0.25, 0.3) is 0 Å². The number of oxime groups is 1. The number of carbonyl (C=O) groups excluding carboxylic acids is 1. The molecule has 0 atom stereocenters. The third-order valence-corrected chi connectivity index (χ3v) is 2.80. The monoisotopic (exact) mass is 247 g/mol. The number of carbonyl (C=O) groups is 1. The van der Waals surface area contributed by atoms with Crippen LogP contribution in [0.3, 0.4) is 0 Å². The summed E-state index contributed by atoms with van der Waals surface area (Å²) in [6.07, 6.45) is 5.24. The Morgan fingerprint density at radius 2 is 2.22 bits per heavy atom. The van der Waals surface area contributed by atoms with Gasteiger partial charge in [0.2, 0.25) is 5.76 Å². The molecule has 0 saturated carbocycles. The molecule has 4 nitrogen and oxygen atoms in total. The number of hydrogen-bond donors (Lipinski definition) is 0. The zero-order valence-corrected chi connectivity index (χ0v) is 10.9. The summed E-state index contributed by atoms with van der Waals surface area (Å²) >= 11 is 0. The van der Waals surface area contributed by atoms with Crippen molar-refractivity contribution in [1.29, 1.82) is 0 Å². The van der Waals surface area contributed by atoms with Crippen LogP contribution in [0, 0.1) is 5.41 Å². The van der Waals surface area contributed by atoms with Gasteiger partial charge in [-0.3, -0.25) is 0 Å². The van der Waals surface area contributed by atoms with Crippen molar-refractivity contribution in [2.45, 2.75) is 33.6 Å². The van der Waals surface area contributed by atoms with Crippen molar-refractivity contribution >= 4 is 11.7 Å². The van der Waals surface area contributed by atoms with Crippen LogP contribution in [0.1, 0.15) is 44.2 Å². The molecular formula is C14H17NO3. The van der Waals surface area contributed by atoms with Crippen LogP contribution in [-0.2, 0) is 4.84 Å². The van der Waals surface area contributed by atoms with Gasteiger partial charge in [0, 0.05) is 0 Å². The molecular weight excluding hydrogens is 230 g/mol. The maximum atomic E-state index is 11.5. The summed E-state index contributed by atoms with van der Waals surface area (Å²) in [5.74, 6) is -0.406. The second-order valence-electron chi connectivity index (χ2n) is 5.45. The highest BCUT2D eigenvalue weighted by atomic mass is 16.7. The number of furan rings is 1. The Morgan fingerprint density at radius 3 is 2.83 bits per heavy atom. The van der Waals surface area contributed by atoms with E-state index in [1.807, 2.05) is 6.08 Å². The lowest BCUT2D eigenvalue weighted by molar-refractivity contribution is 0.0478. The summed E-state index contributed by atoms with van der Waals surface area (Å²) in [4.78, 5) is 16.4. The zero-order chi connectivity index (χ0) is 13.2. The van der Waals surface area contributed by atoms with E-state index in [0.717, 1.165) is 18.6 Å². The molecule has 0 N–H and O–H groups in total. The van der Waals surface area contributed by atoms with Gasteiger partial charge in [0.25, 0.3) is 0 Å². The third-order valence-electron chi connectivity index (χ3n) is 2.80. The predicted molar refractivity (Wildman–Crippen MR) is 68.3 cm³/mol. The SMILES string of the molecule is CC1=C/C(=N/OC(=O)c2ccco2)CC(C)(C)C1. The summed E-state index contributed by atoms with van der Waals surface area (Å²) in [6, 6.07) is 3.19. The molecule has 0 bridgehead atoms. The molecule has 1 aromatic rings. The van der Waals surface area contributed by atoms with Crippen LogP contribution >= 0.6 is 0 Å². The highest BCUT2D eigenvalue weighted by Crippen LogP contribution is 2.33. The highest BCUT2D eigenvalue weighted by Gasteiger charge is 2.25. The minimum atomic E-state index is -0.568. The van der Waals surface area contributed by atoms with E-state index in [1.165, 1.54) is 11.8 Å². The lowest BCUT2D eigenvalue weighted by atomic mass is 9.77. The summed E-state index contributed by atoms with van der Waals surface area (Å²) in [5, 5.41) is 3.92. The summed E-state index contributed by atoms with van der Waals surface area (Å²) in [7, 11) is 0. The van der Waals surface area contributed by atoms with Crippen molar-refractivity contribution in [3.8, 4) is 0 Å². The van der Waals surface area contributed by atoms with Gasteiger partial charge in [0.05, 0.1) is 12.0 Å². The maximum Gasteiger partial charge on any atom is 0.400 e. The molecule has 4 heteroatoms. The van der Waals surface area contributed by atoms with E-state index in [2.05, 4.69) is 25.9 Å². The molecule has 0 radical (unpaired) electrons. The van der Waals surface area contributed by atoms with Gasteiger partial charge in [-0.1, -0.05) is 24.6 Å². The second-order valence-corrected chi connectivity index (χ2v) is 5.45. The Hall–Kier alpha value is -1.84. The molecule has 1 heterocycles. The Kier molecular flexibility index (Phi) is 3.36. The van der Waals surface area contributed by atoms with E-state index in [4.69, 9.17) is 9.25 Å². The van der Waals surface area contributed by atoms with Crippen LogP contribution in [0.2, 0.25) is 0 Å². The molecule has 1 aliphatic rings. The molecule has 0 unspecified atom stereocenters. The Labute approximate surface area is 106 Å². The first-order valence-electron chi connectivity index (χ1n) is 5.95. The first-order valence-corrected chi connectivity index (χ1v) is 5.95. The second kappa shape index (κ2) is 4.80. The molecule has 2 rings (SSSR count). The fraction of sp³-hybridized carbons (Fsp3) is 0.429. The van der Waals surface area contributed by atoms with Gasteiger partial charge in [0.15, 0.2) is 0 Å². The van der Waals surface area contributed by atoms with Crippen molar-refractivity contribution < 1.29 is 14.0 Å². The van der Waals surface area contributed by atoms with Crippen molar-refractivity contribution in [2.75, 3.05) is 0 Å². The van der Waals surface area contributed by atoms with Crippen LogP contribution < -0.4 is 0 Å². The average Bonchev–Trinajstić information content (AvgIpc) is 2.76. The van der Waals surface area contributed by atoms with Crippen molar-refractivity contribution in [3.05, 3.63) is 35.8 Å². The lowest BCUT2D eigenvalue weighted by Gasteiger charge is -2.28. The fourth-order valence-corrected chi connectivity index (χ4v) is 2.29. The topological polar surface area (TPSA) is 51.8 Å². The smallest absolute Gasteiger partial charge is 0.400 e. The van der Waals surface area contributed by atoms with E-state index < -0.39 is 5.97 Å². The molecule has 0 amide bonds. The quantitative estimate of drug-likeness (QED) is 0.593. The number of nitrogens with zero attached hydrogens (tertiary/aromatic N) is 1. The van der Waals surface area contributed by atoms with Gasteiger partial charge in [-0.25, -0.2) is 4.79 Å². The van der Waals surface area contributed by atoms with E-state index in [0.29, 0.717) is 0 Å². The number of hydrogen-bond acceptors (Lipinski definition) is 4. The van der Waals surface area contributed by atoms with Gasteiger partial charge in [-0.2, -0.15) is 0 Å². The molecule has 1 aliphatic carbocycles. The van der Waals surface area contributed by atoms with Gasteiger partial charge in [-0.15, -0.1) is 0 Å². The molecule has 0 fully saturated rings. The number of rotatable bonds is 2. The van der Waals surface area contributed by atoms with Gasteiger partial charge in [-0.05, 0) is 43.4 Å². The summed E-state index contributed by atoms with van der Waals surface area (Å²) in [6.45, 7) is 6.41. The first kappa shape index (κ1) is 12.6. The van der Waals surface area contributed by atoms with E-state index >= 15 is 0 Å². The molecule has 96 valence electrons. The van der Waals surface area contributed by atoms with Gasteiger partial charge < -0.3 is 9.25 Å². The molecule has 0 aliphatic heterocycles. The average molecular weight is 247 g/mol. The maximum absolute atomic E-state index is 11.5. The third kappa shape index (κ3) is 3.09. The number of allylic oxidation sites excluding steroid dienone is 2. The van der Waals surface area contributed by atoms with Crippen LogP contribution in [0.15, 0.2) is 39.6 Å². The first-order chi connectivity index (χ1) is 8.46. The van der Waals surface area contributed by atoms with Crippen molar-refractivity contribution in [2.24, 2.45) is 10.6 Å². The largest absolute Gasteiger partial charge is 0.457 e. The molecule has 0 saturated heterocycles. The van der Waals surface area contributed by atoms with Gasteiger partial charge in [0.1, 0.15) is 0 Å². The van der Waals surface area contributed by atoms with Crippen molar-refractivity contribution in [3.63, 3.8) is 0 Å². The molecule has 1 aromatic heterocycles. The van der Waals surface area contributed by atoms with Crippen LogP contribution in [-0.4, -0.2) is 11.7 Å². The minimum absolute atomic E-state index is 0.161. The standard InChI is InChI=1S/C14H17NO3/c1-10-7-11(9-14(2,3)8-10)15-18-13(16)12-5-4-6-17-12/h4-7H,8-9H2,1-3H3/b15-11-. The molecule has 0 spiro atoms. The Bertz CT molecular complexity index is 495. The van der Waals surface area contributed by atoms with Crippen LogP contribution in [0.5, 0.6) is 0 Å². The zero-order valence-electron chi connectivity index (χ0n) is 10.9. The van der Waals surface area contributed by atoms with Gasteiger partial charge >= 0.3 is 5.97 Å². The van der Waals surface area contributed by atoms with E-state index in [9.17, 15) is 4.79 Å². The lowest BCUT2D eigenvalue weighted by Crippen LogP contribution is -2.21. The predicted octanol–water partition coefficient (Wildman–Crippen LogP) is 3.56. The van der Waals surface area contributed by atoms with E-state index in [-0.39, 0.29) is 11.2 Å². The van der Waals surface area contributed by atoms with E-state index in [1.54, 1.807) is 12.1 Å². The minimum Gasteiger partial charge on any atom is -0.457 e. The Balaban J connectivity index is 2.06. The fourth-order valence-electron chi connectivity index (χ4n) is 2.29. The normalized spacial score (nSPS) is 20.6. The van der Waals surface area contributed by atoms with Crippen molar-refractivity contribution in [1.82, 2.24) is 0 Å². The summed E-state index contributed by atoms with van der Waals surface area (Å²) < 4.78 is 4.94. The molecule has 0 aromatic carbocycles.